The fourth-order valence-corrected chi connectivity index (χ4v) is 5.58. The second kappa shape index (κ2) is 6.12. The third-order valence-corrected chi connectivity index (χ3v) is 6.91. The first-order chi connectivity index (χ1) is 10.7. The highest BCUT2D eigenvalue weighted by atomic mass is 16.2. The van der Waals surface area contributed by atoms with Crippen LogP contribution >= 0.6 is 0 Å². The van der Waals surface area contributed by atoms with Crippen molar-refractivity contribution in [1.82, 2.24) is 9.80 Å². The van der Waals surface area contributed by atoms with Crippen LogP contribution in [0.5, 0.6) is 0 Å². The minimum absolute atomic E-state index is 0.147. The summed E-state index contributed by atoms with van der Waals surface area (Å²) in [4.78, 5) is 17.7. The first-order valence-corrected chi connectivity index (χ1v) is 9.49. The molecule has 4 unspecified atom stereocenters. The second-order valence-corrected chi connectivity index (χ2v) is 8.21. The van der Waals surface area contributed by atoms with Crippen LogP contribution in [0, 0.1) is 23.7 Å². The fraction of sp³-hybridized carbons (Fsp3) is 0.944. The molecule has 2 saturated heterocycles. The van der Waals surface area contributed by atoms with E-state index in [-0.39, 0.29) is 12.0 Å². The number of nitrogens with two attached hydrogens (primary N) is 1. The van der Waals surface area contributed by atoms with Gasteiger partial charge in [-0.15, -0.1) is 0 Å². The number of hydrogen-bond donors (Lipinski definition) is 1. The number of amides is 1. The van der Waals surface area contributed by atoms with Crippen LogP contribution in [0.1, 0.15) is 44.9 Å². The van der Waals surface area contributed by atoms with Crippen LogP contribution in [0.4, 0.5) is 0 Å². The lowest BCUT2D eigenvalue weighted by Crippen LogP contribution is -2.49. The molecule has 22 heavy (non-hydrogen) atoms. The van der Waals surface area contributed by atoms with Crippen LogP contribution in [0.2, 0.25) is 0 Å². The predicted octanol–water partition coefficient (Wildman–Crippen LogP) is 1.69. The lowest BCUT2D eigenvalue weighted by molar-refractivity contribution is -0.139. The molecular weight excluding hydrogens is 274 g/mol. The van der Waals surface area contributed by atoms with Gasteiger partial charge < -0.3 is 15.5 Å². The molecule has 0 spiro atoms. The molecule has 0 radical (unpaired) electrons. The van der Waals surface area contributed by atoms with E-state index in [0.717, 1.165) is 19.0 Å². The third kappa shape index (κ3) is 2.69. The second-order valence-electron chi connectivity index (χ2n) is 8.21. The fourth-order valence-electron chi connectivity index (χ4n) is 5.58. The molecule has 1 amide bonds. The number of rotatable bonds is 3. The SMILES string of the molecule is NC1C2CCC(C2)C1C(=O)N1CCC(CN2CCCC2)CC1. The van der Waals surface area contributed by atoms with Gasteiger partial charge in [0.2, 0.25) is 5.91 Å². The Morgan fingerprint density at radius 2 is 1.64 bits per heavy atom. The lowest BCUT2D eigenvalue weighted by atomic mass is 9.83. The number of hydrogen-bond acceptors (Lipinski definition) is 3. The molecule has 124 valence electrons. The minimum atomic E-state index is 0.147. The van der Waals surface area contributed by atoms with Crippen molar-refractivity contribution in [1.29, 1.82) is 0 Å². The average Bonchev–Trinajstić information content (AvgIpc) is 3.24. The minimum Gasteiger partial charge on any atom is -0.342 e. The van der Waals surface area contributed by atoms with E-state index in [2.05, 4.69) is 9.80 Å². The van der Waals surface area contributed by atoms with Crippen molar-refractivity contribution in [3.8, 4) is 0 Å². The predicted molar refractivity (Wildman–Crippen MR) is 87.3 cm³/mol. The summed E-state index contributed by atoms with van der Waals surface area (Å²) < 4.78 is 0. The van der Waals surface area contributed by atoms with Crippen LogP contribution in [0.25, 0.3) is 0 Å². The largest absolute Gasteiger partial charge is 0.342 e. The van der Waals surface area contributed by atoms with E-state index >= 15 is 0 Å². The molecule has 2 heterocycles. The number of carbonyl (C=O) groups excluding carboxylic acids is 1. The molecule has 4 nitrogen and oxygen atoms in total. The molecule has 2 bridgehead atoms. The van der Waals surface area contributed by atoms with Crippen molar-refractivity contribution < 1.29 is 4.79 Å². The number of fused-ring (bicyclic) bond motifs is 2. The molecule has 0 aromatic heterocycles. The highest BCUT2D eigenvalue weighted by molar-refractivity contribution is 5.80. The Morgan fingerprint density at radius 3 is 2.27 bits per heavy atom. The number of piperidine rings is 1. The van der Waals surface area contributed by atoms with E-state index in [4.69, 9.17) is 5.73 Å². The van der Waals surface area contributed by atoms with Crippen molar-refractivity contribution in [3.05, 3.63) is 0 Å². The van der Waals surface area contributed by atoms with Crippen molar-refractivity contribution in [2.24, 2.45) is 29.4 Å². The maximum Gasteiger partial charge on any atom is 0.227 e. The standard InChI is InChI=1S/C18H31N3O/c19-17-15-4-3-14(11-15)16(17)18(22)21-9-5-13(6-10-21)12-20-7-1-2-8-20/h13-17H,1-12,19H2. The van der Waals surface area contributed by atoms with Crippen molar-refractivity contribution in [2.45, 2.75) is 51.0 Å². The summed E-state index contributed by atoms with van der Waals surface area (Å²) in [6, 6.07) is 0.147. The summed E-state index contributed by atoms with van der Waals surface area (Å²) in [5, 5.41) is 0. The van der Waals surface area contributed by atoms with Gasteiger partial charge in [-0.1, -0.05) is 0 Å². The van der Waals surface area contributed by atoms with Crippen molar-refractivity contribution >= 4 is 5.91 Å². The van der Waals surface area contributed by atoms with Crippen LogP contribution in [0.15, 0.2) is 0 Å². The van der Waals surface area contributed by atoms with Crippen LogP contribution in [-0.2, 0) is 4.79 Å². The maximum atomic E-state index is 12.9. The van der Waals surface area contributed by atoms with Gasteiger partial charge in [0.1, 0.15) is 0 Å². The van der Waals surface area contributed by atoms with Crippen LogP contribution in [0.3, 0.4) is 0 Å². The summed E-state index contributed by atoms with van der Waals surface area (Å²) in [6.07, 6.45) is 8.84. The first-order valence-electron chi connectivity index (χ1n) is 9.49. The molecule has 4 rings (SSSR count). The van der Waals surface area contributed by atoms with E-state index < -0.39 is 0 Å². The smallest absolute Gasteiger partial charge is 0.227 e. The summed E-state index contributed by atoms with van der Waals surface area (Å²) in [6.45, 7) is 5.78. The summed E-state index contributed by atoms with van der Waals surface area (Å²) in [7, 11) is 0. The van der Waals surface area contributed by atoms with Gasteiger partial charge in [-0.2, -0.15) is 0 Å². The van der Waals surface area contributed by atoms with Crippen LogP contribution in [-0.4, -0.2) is 54.5 Å². The van der Waals surface area contributed by atoms with Gasteiger partial charge in [-0.3, -0.25) is 4.79 Å². The highest BCUT2D eigenvalue weighted by Crippen LogP contribution is 2.48. The zero-order valence-electron chi connectivity index (χ0n) is 13.8. The number of carbonyl (C=O) groups is 1. The number of nitrogens with zero attached hydrogens (tertiary/aromatic N) is 2. The Labute approximate surface area is 134 Å². The zero-order chi connectivity index (χ0) is 15.1. The zero-order valence-corrected chi connectivity index (χ0v) is 13.8. The van der Waals surface area contributed by atoms with E-state index in [1.165, 1.54) is 64.6 Å². The van der Waals surface area contributed by atoms with E-state index in [0.29, 0.717) is 17.7 Å². The van der Waals surface area contributed by atoms with Crippen molar-refractivity contribution in [2.75, 3.05) is 32.7 Å². The summed E-state index contributed by atoms with van der Waals surface area (Å²) in [5.74, 6) is 2.56. The molecule has 2 aliphatic heterocycles. The normalized spacial score (nSPS) is 39.8. The molecule has 2 aliphatic carbocycles. The molecule has 4 atom stereocenters. The average molecular weight is 305 g/mol. The Bertz CT molecular complexity index is 411. The Morgan fingerprint density at radius 1 is 0.955 bits per heavy atom. The van der Waals surface area contributed by atoms with Gasteiger partial charge in [-0.05, 0) is 75.8 Å². The van der Waals surface area contributed by atoms with Crippen LogP contribution < -0.4 is 5.73 Å². The molecule has 0 aromatic carbocycles. The van der Waals surface area contributed by atoms with Gasteiger partial charge in [0, 0.05) is 25.7 Å². The Balaban J connectivity index is 1.29. The van der Waals surface area contributed by atoms with Gasteiger partial charge in [0.15, 0.2) is 0 Å². The molecule has 4 fully saturated rings. The van der Waals surface area contributed by atoms with Gasteiger partial charge in [-0.25, -0.2) is 0 Å². The Kier molecular flexibility index (Phi) is 4.16. The molecule has 2 saturated carbocycles. The summed E-state index contributed by atoms with van der Waals surface area (Å²) in [5.41, 5.74) is 6.35. The third-order valence-electron chi connectivity index (χ3n) is 6.91. The van der Waals surface area contributed by atoms with Crippen molar-refractivity contribution in [3.63, 3.8) is 0 Å². The maximum absolute atomic E-state index is 12.9. The molecule has 4 aliphatic rings. The topological polar surface area (TPSA) is 49.6 Å². The Hall–Kier alpha value is -0.610. The van der Waals surface area contributed by atoms with E-state index in [1.54, 1.807) is 0 Å². The molecular formula is C18H31N3O. The quantitative estimate of drug-likeness (QED) is 0.863. The summed E-state index contributed by atoms with van der Waals surface area (Å²) >= 11 is 0. The van der Waals surface area contributed by atoms with Gasteiger partial charge in [0.05, 0.1) is 5.92 Å². The van der Waals surface area contributed by atoms with Gasteiger partial charge >= 0.3 is 0 Å². The highest BCUT2D eigenvalue weighted by Gasteiger charge is 2.50. The van der Waals surface area contributed by atoms with Gasteiger partial charge in [0.25, 0.3) is 0 Å². The molecule has 2 N–H and O–H groups in total. The lowest BCUT2D eigenvalue weighted by Gasteiger charge is -2.37. The molecule has 0 aromatic rings. The first kappa shape index (κ1) is 14.9. The molecule has 4 heteroatoms. The van der Waals surface area contributed by atoms with E-state index in [9.17, 15) is 4.79 Å². The monoisotopic (exact) mass is 305 g/mol. The van der Waals surface area contributed by atoms with E-state index in [1.807, 2.05) is 0 Å². The number of likely N-dealkylation sites (tertiary alicyclic amines) is 2.